The van der Waals surface area contributed by atoms with Crippen molar-refractivity contribution < 1.29 is 4.39 Å². The highest BCUT2D eigenvalue weighted by Crippen LogP contribution is 2.26. The van der Waals surface area contributed by atoms with Crippen molar-refractivity contribution in [1.82, 2.24) is 24.3 Å². The Morgan fingerprint density at radius 2 is 2.20 bits per heavy atom. The van der Waals surface area contributed by atoms with Gasteiger partial charge in [-0.3, -0.25) is 0 Å². The van der Waals surface area contributed by atoms with E-state index in [0.29, 0.717) is 16.9 Å². The van der Waals surface area contributed by atoms with Gasteiger partial charge in [-0.15, -0.1) is 21.8 Å². The molecule has 5 nitrogen and oxygen atoms in total. The Balaban J connectivity index is 2.25. The Kier molecular flexibility index (Phi) is 3.17. The summed E-state index contributed by atoms with van der Waals surface area (Å²) in [4.78, 5) is 4.29. The monoisotopic (exact) mass is 293 g/mol. The molecule has 3 aromatic rings. The molecule has 1 aromatic carbocycles. The number of hydrogen-bond acceptors (Lipinski definition) is 3. The molecule has 2 aromatic heterocycles. The summed E-state index contributed by atoms with van der Waals surface area (Å²) < 4.78 is 17.6. The quantitative estimate of drug-likeness (QED) is 0.698. The summed E-state index contributed by atoms with van der Waals surface area (Å²) in [5, 5.41) is 7.98. The maximum atomic E-state index is 13.8. The van der Waals surface area contributed by atoms with Crippen LogP contribution in [0.5, 0.6) is 0 Å². The van der Waals surface area contributed by atoms with Crippen LogP contribution in [-0.2, 0) is 12.9 Å². The first-order valence-electron chi connectivity index (χ1n) is 6.18. The molecule has 0 spiro atoms. The van der Waals surface area contributed by atoms with Crippen LogP contribution in [-0.4, -0.2) is 24.3 Å². The summed E-state index contributed by atoms with van der Waals surface area (Å²) in [6.07, 6.45) is 1.63. The molecular formula is C13H13ClFN5. The maximum Gasteiger partial charge on any atom is 0.155 e. The fourth-order valence-corrected chi connectivity index (χ4v) is 2.63. The fourth-order valence-electron chi connectivity index (χ4n) is 2.44. The Labute approximate surface area is 120 Å². The van der Waals surface area contributed by atoms with Gasteiger partial charge in [-0.2, -0.15) is 0 Å². The number of hydrogen-bond donors (Lipinski definition) is 0. The van der Waals surface area contributed by atoms with Crippen molar-refractivity contribution >= 4 is 22.6 Å². The van der Waals surface area contributed by atoms with Gasteiger partial charge in [0, 0.05) is 7.05 Å². The molecule has 20 heavy (non-hydrogen) atoms. The molecule has 7 heteroatoms. The van der Waals surface area contributed by atoms with Gasteiger partial charge in [0.1, 0.15) is 17.7 Å². The summed E-state index contributed by atoms with van der Waals surface area (Å²) in [7, 11) is 1.87. The zero-order valence-corrected chi connectivity index (χ0v) is 11.8. The number of rotatable bonds is 3. The predicted octanol–water partition coefficient (Wildman–Crippen LogP) is 2.65. The third kappa shape index (κ3) is 1.87. The smallest absolute Gasteiger partial charge is 0.155 e. The first-order valence-corrected chi connectivity index (χ1v) is 6.72. The van der Waals surface area contributed by atoms with Gasteiger partial charge in [-0.25, -0.2) is 9.37 Å². The van der Waals surface area contributed by atoms with E-state index in [1.54, 1.807) is 12.4 Å². The molecule has 0 saturated carbocycles. The summed E-state index contributed by atoms with van der Waals surface area (Å²) in [5.74, 6) is 1.23. The van der Waals surface area contributed by atoms with Crippen LogP contribution >= 0.6 is 11.6 Å². The highest BCUT2D eigenvalue weighted by Gasteiger charge is 2.21. The number of aryl methyl sites for hydroxylation is 1. The molecule has 0 saturated heterocycles. The molecule has 0 fully saturated rings. The normalized spacial score (nSPS) is 13.0. The van der Waals surface area contributed by atoms with Crippen LogP contribution in [0.1, 0.15) is 24.6 Å². The Morgan fingerprint density at radius 3 is 2.85 bits per heavy atom. The molecule has 0 amide bonds. The molecule has 0 N–H and O–H groups in total. The molecule has 0 bridgehead atoms. The predicted molar refractivity (Wildman–Crippen MR) is 74.1 cm³/mol. The van der Waals surface area contributed by atoms with Gasteiger partial charge in [-0.05, 0) is 19.1 Å². The molecule has 2 heterocycles. The van der Waals surface area contributed by atoms with E-state index < -0.39 is 0 Å². The minimum atomic E-state index is -0.349. The van der Waals surface area contributed by atoms with E-state index in [4.69, 9.17) is 11.6 Å². The number of aromatic nitrogens is 5. The largest absolute Gasteiger partial charge is 0.319 e. The van der Waals surface area contributed by atoms with E-state index in [2.05, 4.69) is 15.2 Å². The minimum Gasteiger partial charge on any atom is -0.319 e. The highest BCUT2D eigenvalue weighted by molar-refractivity contribution is 6.16. The SMILES string of the molecule is CC(c1nncn1C)n1c(CCl)nc2c(F)cccc21. The first-order chi connectivity index (χ1) is 9.63. The Morgan fingerprint density at radius 1 is 1.40 bits per heavy atom. The summed E-state index contributed by atoms with van der Waals surface area (Å²) in [6, 6.07) is 4.75. The summed E-state index contributed by atoms with van der Waals surface area (Å²) >= 11 is 5.95. The third-order valence-corrected chi connectivity index (χ3v) is 3.61. The van der Waals surface area contributed by atoms with Gasteiger partial charge in [0.2, 0.25) is 0 Å². The zero-order valence-electron chi connectivity index (χ0n) is 11.1. The van der Waals surface area contributed by atoms with Crippen molar-refractivity contribution in [2.24, 2.45) is 7.05 Å². The lowest BCUT2D eigenvalue weighted by Crippen LogP contribution is -2.14. The van der Waals surface area contributed by atoms with Crippen LogP contribution in [0.3, 0.4) is 0 Å². The molecule has 3 rings (SSSR count). The van der Waals surface area contributed by atoms with E-state index >= 15 is 0 Å². The van der Waals surface area contributed by atoms with Crippen molar-refractivity contribution in [3.05, 3.63) is 42.0 Å². The lowest BCUT2D eigenvalue weighted by atomic mass is 10.2. The van der Waals surface area contributed by atoms with E-state index in [1.165, 1.54) is 6.07 Å². The lowest BCUT2D eigenvalue weighted by Gasteiger charge is -2.16. The Hall–Kier alpha value is -1.95. The molecule has 1 unspecified atom stereocenters. The van der Waals surface area contributed by atoms with Gasteiger partial charge < -0.3 is 9.13 Å². The molecule has 0 aliphatic rings. The molecule has 1 atom stereocenters. The Bertz CT molecular complexity index is 763. The van der Waals surface area contributed by atoms with Crippen molar-refractivity contribution in [2.75, 3.05) is 0 Å². The molecule has 0 aliphatic carbocycles. The number of fused-ring (bicyclic) bond motifs is 1. The average molecular weight is 294 g/mol. The van der Waals surface area contributed by atoms with Gasteiger partial charge >= 0.3 is 0 Å². The number of para-hydroxylation sites is 1. The van der Waals surface area contributed by atoms with E-state index in [1.807, 2.05) is 29.2 Å². The molecule has 0 radical (unpaired) electrons. The third-order valence-electron chi connectivity index (χ3n) is 3.37. The van der Waals surface area contributed by atoms with Crippen molar-refractivity contribution in [1.29, 1.82) is 0 Å². The number of halogens is 2. The van der Waals surface area contributed by atoms with Crippen molar-refractivity contribution in [2.45, 2.75) is 18.8 Å². The lowest BCUT2D eigenvalue weighted by molar-refractivity contribution is 0.572. The summed E-state index contributed by atoms with van der Waals surface area (Å²) in [5.41, 5.74) is 1.04. The number of nitrogens with zero attached hydrogens (tertiary/aromatic N) is 5. The number of alkyl halides is 1. The first kappa shape index (κ1) is 13.1. The van der Waals surface area contributed by atoms with Gasteiger partial charge in [-0.1, -0.05) is 6.07 Å². The fraction of sp³-hybridized carbons (Fsp3) is 0.308. The maximum absolute atomic E-state index is 13.8. The molecular weight excluding hydrogens is 281 g/mol. The van der Waals surface area contributed by atoms with Crippen LogP contribution < -0.4 is 0 Å². The summed E-state index contributed by atoms with van der Waals surface area (Å²) in [6.45, 7) is 1.96. The van der Waals surface area contributed by atoms with Crippen molar-refractivity contribution in [3.8, 4) is 0 Å². The second-order valence-corrected chi connectivity index (χ2v) is 4.88. The van der Waals surface area contributed by atoms with Crippen LogP contribution in [0.4, 0.5) is 4.39 Å². The molecule has 104 valence electrons. The van der Waals surface area contributed by atoms with Crippen LogP contribution in [0.2, 0.25) is 0 Å². The van der Waals surface area contributed by atoms with Crippen molar-refractivity contribution in [3.63, 3.8) is 0 Å². The highest BCUT2D eigenvalue weighted by atomic mass is 35.5. The van der Waals surface area contributed by atoms with Crippen LogP contribution in [0, 0.1) is 5.82 Å². The number of benzene rings is 1. The topological polar surface area (TPSA) is 48.5 Å². The van der Waals surface area contributed by atoms with Crippen LogP contribution in [0.25, 0.3) is 11.0 Å². The number of imidazole rings is 1. The standard InChI is InChI=1S/C13H13ClFN5/c1-8(13-18-16-7-19(13)2)20-10-5-3-4-9(15)12(10)17-11(20)6-14/h3-5,7-8H,6H2,1-2H3. The second kappa shape index (κ2) is 4.86. The zero-order chi connectivity index (χ0) is 14.3. The average Bonchev–Trinajstić information content (AvgIpc) is 3.02. The van der Waals surface area contributed by atoms with Gasteiger partial charge in [0.05, 0.1) is 17.4 Å². The van der Waals surface area contributed by atoms with E-state index in [9.17, 15) is 4.39 Å². The van der Waals surface area contributed by atoms with Crippen LogP contribution in [0.15, 0.2) is 24.5 Å². The van der Waals surface area contributed by atoms with Gasteiger partial charge in [0.15, 0.2) is 11.6 Å². The van der Waals surface area contributed by atoms with E-state index in [0.717, 1.165) is 5.82 Å². The van der Waals surface area contributed by atoms with Gasteiger partial charge in [0.25, 0.3) is 0 Å². The second-order valence-electron chi connectivity index (χ2n) is 4.62. The van der Waals surface area contributed by atoms with E-state index in [-0.39, 0.29) is 17.7 Å². The molecule has 0 aliphatic heterocycles. The minimum absolute atomic E-state index is 0.136.